The highest BCUT2D eigenvalue weighted by atomic mass is 19.4. The van der Waals surface area contributed by atoms with Gasteiger partial charge in [0, 0.05) is 30.6 Å². The summed E-state index contributed by atoms with van der Waals surface area (Å²) in [6.45, 7) is 4.18. The number of nitrogens with zero attached hydrogens (tertiary/aromatic N) is 3. The monoisotopic (exact) mass is 388 g/mol. The summed E-state index contributed by atoms with van der Waals surface area (Å²) in [5, 5.41) is 2.94. The number of anilines is 1. The number of ether oxygens (including phenoxy) is 1. The van der Waals surface area contributed by atoms with Gasteiger partial charge < -0.3 is 10.1 Å². The number of alkyl halides is 3. The van der Waals surface area contributed by atoms with Crippen LogP contribution in [0.2, 0.25) is 0 Å². The fourth-order valence-electron chi connectivity index (χ4n) is 2.46. The van der Waals surface area contributed by atoms with Crippen LogP contribution in [-0.4, -0.2) is 21.1 Å². The molecule has 0 spiro atoms. The summed E-state index contributed by atoms with van der Waals surface area (Å²) < 4.78 is 45.3. The van der Waals surface area contributed by atoms with Crippen LogP contribution in [0.4, 0.5) is 19.0 Å². The minimum atomic E-state index is -4.57. The van der Waals surface area contributed by atoms with Crippen LogP contribution in [0.15, 0.2) is 54.9 Å². The highest BCUT2D eigenvalue weighted by Crippen LogP contribution is 2.30. The first-order valence-electron chi connectivity index (χ1n) is 8.67. The highest BCUT2D eigenvalue weighted by Gasteiger charge is 2.33. The maximum Gasteiger partial charge on any atom is 0.433 e. The van der Waals surface area contributed by atoms with Crippen molar-refractivity contribution in [1.82, 2.24) is 15.0 Å². The molecule has 2 aromatic heterocycles. The summed E-state index contributed by atoms with van der Waals surface area (Å²) >= 11 is 0. The van der Waals surface area contributed by atoms with Gasteiger partial charge in [0.1, 0.15) is 11.6 Å². The van der Waals surface area contributed by atoms with Gasteiger partial charge >= 0.3 is 6.18 Å². The number of benzene rings is 1. The van der Waals surface area contributed by atoms with Crippen molar-refractivity contribution in [2.45, 2.75) is 32.7 Å². The van der Waals surface area contributed by atoms with Gasteiger partial charge in [-0.25, -0.2) is 9.97 Å². The van der Waals surface area contributed by atoms with E-state index in [0.717, 1.165) is 17.4 Å². The normalized spacial score (nSPS) is 11.5. The molecule has 28 heavy (non-hydrogen) atoms. The third kappa shape index (κ3) is 5.18. The average Bonchev–Trinajstić information content (AvgIpc) is 2.67. The molecule has 0 saturated carbocycles. The maximum atomic E-state index is 13.2. The molecule has 0 fully saturated rings. The number of hydrogen-bond donors (Lipinski definition) is 1. The van der Waals surface area contributed by atoms with Gasteiger partial charge in [-0.1, -0.05) is 12.1 Å². The number of hydrogen-bond acceptors (Lipinski definition) is 5. The van der Waals surface area contributed by atoms with E-state index in [0.29, 0.717) is 12.1 Å². The molecule has 0 atom stereocenters. The van der Waals surface area contributed by atoms with Crippen molar-refractivity contribution in [1.29, 1.82) is 0 Å². The second-order valence-electron chi connectivity index (χ2n) is 6.36. The van der Waals surface area contributed by atoms with E-state index in [1.54, 1.807) is 12.1 Å². The Balaban J connectivity index is 1.81. The van der Waals surface area contributed by atoms with E-state index in [1.165, 1.54) is 12.4 Å². The van der Waals surface area contributed by atoms with Crippen LogP contribution in [0.5, 0.6) is 5.75 Å². The summed E-state index contributed by atoms with van der Waals surface area (Å²) in [6, 6.07) is 11.4. The van der Waals surface area contributed by atoms with Gasteiger partial charge in [0.15, 0.2) is 11.5 Å². The van der Waals surface area contributed by atoms with Gasteiger partial charge in [0.2, 0.25) is 0 Å². The van der Waals surface area contributed by atoms with Gasteiger partial charge in [0.25, 0.3) is 0 Å². The molecular formula is C20H19F3N4O. The quantitative estimate of drug-likeness (QED) is 0.647. The van der Waals surface area contributed by atoms with Crippen molar-refractivity contribution in [2.24, 2.45) is 0 Å². The Morgan fingerprint density at radius 3 is 2.29 bits per heavy atom. The summed E-state index contributed by atoms with van der Waals surface area (Å²) in [6.07, 6.45) is -1.55. The number of pyridine rings is 1. The molecule has 8 heteroatoms. The van der Waals surface area contributed by atoms with E-state index in [1.807, 2.05) is 38.1 Å². The second kappa shape index (κ2) is 8.24. The molecule has 1 aromatic carbocycles. The van der Waals surface area contributed by atoms with Crippen molar-refractivity contribution < 1.29 is 17.9 Å². The second-order valence-corrected chi connectivity index (χ2v) is 6.36. The standard InChI is InChI=1S/C20H19F3N4O/c1-13(2)28-16-5-3-14(4-6-16)12-25-18-11-17(20(21,22)23)26-19(27-18)15-7-9-24-10-8-15/h3-11,13H,12H2,1-2H3,(H,25,26,27). The molecule has 1 N–H and O–H groups in total. The molecule has 0 unspecified atom stereocenters. The third-order valence-corrected chi connectivity index (χ3v) is 3.72. The zero-order valence-electron chi connectivity index (χ0n) is 15.4. The van der Waals surface area contributed by atoms with E-state index in [-0.39, 0.29) is 17.7 Å². The molecular weight excluding hydrogens is 369 g/mol. The van der Waals surface area contributed by atoms with Crippen LogP contribution in [0.1, 0.15) is 25.1 Å². The molecule has 0 radical (unpaired) electrons. The van der Waals surface area contributed by atoms with E-state index in [2.05, 4.69) is 20.3 Å². The van der Waals surface area contributed by atoms with E-state index in [4.69, 9.17) is 4.74 Å². The van der Waals surface area contributed by atoms with Gasteiger partial charge in [-0.3, -0.25) is 4.98 Å². The lowest BCUT2D eigenvalue weighted by Gasteiger charge is -2.13. The lowest BCUT2D eigenvalue weighted by Crippen LogP contribution is -2.12. The zero-order chi connectivity index (χ0) is 20.1. The Morgan fingerprint density at radius 1 is 1.00 bits per heavy atom. The van der Waals surface area contributed by atoms with Crippen LogP contribution in [-0.2, 0) is 12.7 Å². The molecule has 0 aliphatic heterocycles. The maximum absolute atomic E-state index is 13.2. The first-order chi connectivity index (χ1) is 13.3. The lowest BCUT2D eigenvalue weighted by atomic mass is 10.2. The van der Waals surface area contributed by atoms with Gasteiger partial charge in [-0.05, 0) is 43.7 Å². The summed E-state index contributed by atoms with van der Waals surface area (Å²) in [5.41, 5.74) is 0.338. The van der Waals surface area contributed by atoms with Crippen LogP contribution < -0.4 is 10.1 Å². The van der Waals surface area contributed by atoms with Crippen molar-refractivity contribution >= 4 is 5.82 Å². The molecule has 3 aromatic rings. The summed E-state index contributed by atoms with van der Waals surface area (Å²) in [5.74, 6) is 0.817. The summed E-state index contributed by atoms with van der Waals surface area (Å²) in [7, 11) is 0. The van der Waals surface area contributed by atoms with Gasteiger partial charge in [0.05, 0.1) is 6.10 Å². The molecule has 0 amide bonds. The van der Waals surface area contributed by atoms with Crippen LogP contribution >= 0.6 is 0 Å². The molecule has 0 saturated heterocycles. The van der Waals surface area contributed by atoms with Crippen LogP contribution in [0.25, 0.3) is 11.4 Å². The molecule has 0 aliphatic rings. The highest BCUT2D eigenvalue weighted by molar-refractivity contribution is 5.57. The Hall–Kier alpha value is -3.16. The first kappa shape index (κ1) is 19.6. The molecule has 5 nitrogen and oxygen atoms in total. The Morgan fingerprint density at radius 2 is 1.68 bits per heavy atom. The minimum Gasteiger partial charge on any atom is -0.491 e. The lowest BCUT2D eigenvalue weighted by molar-refractivity contribution is -0.141. The molecule has 3 rings (SSSR count). The zero-order valence-corrected chi connectivity index (χ0v) is 15.4. The van der Waals surface area contributed by atoms with Crippen LogP contribution in [0.3, 0.4) is 0 Å². The predicted octanol–water partition coefficient (Wildman–Crippen LogP) is 4.96. The topological polar surface area (TPSA) is 59.9 Å². The Bertz CT molecular complexity index is 913. The fraction of sp³-hybridized carbons (Fsp3) is 0.250. The van der Waals surface area contributed by atoms with E-state index < -0.39 is 11.9 Å². The molecule has 146 valence electrons. The van der Waals surface area contributed by atoms with E-state index in [9.17, 15) is 13.2 Å². The Labute approximate surface area is 160 Å². The van der Waals surface area contributed by atoms with Crippen molar-refractivity contribution in [2.75, 3.05) is 5.32 Å². The average molecular weight is 388 g/mol. The number of halogens is 3. The summed E-state index contributed by atoms with van der Waals surface area (Å²) in [4.78, 5) is 11.7. The number of nitrogens with one attached hydrogen (secondary N) is 1. The first-order valence-corrected chi connectivity index (χ1v) is 8.67. The van der Waals surface area contributed by atoms with Gasteiger partial charge in [-0.15, -0.1) is 0 Å². The third-order valence-electron chi connectivity index (χ3n) is 3.72. The van der Waals surface area contributed by atoms with Gasteiger partial charge in [-0.2, -0.15) is 13.2 Å². The molecule has 0 aliphatic carbocycles. The smallest absolute Gasteiger partial charge is 0.433 e. The fourth-order valence-corrected chi connectivity index (χ4v) is 2.46. The molecule has 2 heterocycles. The van der Waals surface area contributed by atoms with E-state index >= 15 is 0 Å². The number of rotatable bonds is 6. The SMILES string of the molecule is CC(C)Oc1ccc(CNc2cc(C(F)(F)F)nc(-c3ccncc3)n2)cc1. The van der Waals surface area contributed by atoms with Crippen molar-refractivity contribution in [3.63, 3.8) is 0 Å². The molecule has 0 bridgehead atoms. The van der Waals surface area contributed by atoms with Crippen molar-refractivity contribution in [3.05, 3.63) is 66.1 Å². The number of aromatic nitrogens is 3. The van der Waals surface area contributed by atoms with Crippen molar-refractivity contribution in [3.8, 4) is 17.1 Å². The predicted molar refractivity (Wildman–Crippen MR) is 99.8 cm³/mol. The minimum absolute atomic E-state index is 0.0135. The largest absolute Gasteiger partial charge is 0.491 e. The Kier molecular flexibility index (Phi) is 5.77. The van der Waals surface area contributed by atoms with Crippen LogP contribution in [0, 0.1) is 0 Å².